The molecule has 1 aliphatic rings. The van der Waals surface area contributed by atoms with Crippen LogP contribution in [0.4, 0.5) is 8.78 Å². The van der Waals surface area contributed by atoms with E-state index in [1.54, 1.807) is 20.2 Å². The zero-order valence-corrected chi connectivity index (χ0v) is 17.7. The van der Waals surface area contributed by atoms with E-state index in [4.69, 9.17) is 9.47 Å². The van der Waals surface area contributed by atoms with E-state index in [0.29, 0.717) is 51.1 Å². The minimum atomic E-state index is -0.891. The Hall–Kier alpha value is -1.80. The van der Waals surface area contributed by atoms with Crippen LogP contribution in [0, 0.1) is 18.7 Å². The Balaban J connectivity index is 2.23. The predicted octanol–water partition coefficient (Wildman–Crippen LogP) is 2.66. The molecule has 0 spiro atoms. The molecule has 1 fully saturated rings. The summed E-state index contributed by atoms with van der Waals surface area (Å²) in [4.78, 5) is 27.2. The summed E-state index contributed by atoms with van der Waals surface area (Å²) < 4.78 is 39.1. The molecule has 1 aromatic rings. The second-order valence-electron chi connectivity index (χ2n) is 8.07. The van der Waals surface area contributed by atoms with Gasteiger partial charge in [-0.3, -0.25) is 14.3 Å². The van der Waals surface area contributed by atoms with Crippen LogP contribution in [0.25, 0.3) is 0 Å². The number of methoxy groups -OCH3 is 1. The van der Waals surface area contributed by atoms with Gasteiger partial charge >= 0.3 is 5.97 Å². The van der Waals surface area contributed by atoms with Crippen LogP contribution in [0.15, 0.2) is 11.0 Å². The average molecular weight is 414 g/mol. The third-order valence-electron chi connectivity index (χ3n) is 5.18. The Labute approximate surface area is 170 Å². The van der Waals surface area contributed by atoms with E-state index in [2.05, 4.69) is 0 Å². The van der Waals surface area contributed by atoms with Crippen molar-refractivity contribution in [1.29, 1.82) is 0 Å². The van der Waals surface area contributed by atoms with E-state index in [0.717, 1.165) is 0 Å². The van der Waals surface area contributed by atoms with Crippen molar-refractivity contribution in [3.05, 3.63) is 33.5 Å². The van der Waals surface area contributed by atoms with Gasteiger partial charge in [-0.1, -0.05) is 13.8 Å². The summed E-state index contributed by atoms with van der Waals surface area (Å²) in [5, 5.41) is 0. The number of nitrogens with zero attached hydrogens (tertiary/aromatic N) is 2. The molecular weight excluding hydrogens is 382 g/mol. The van der Waals surface area contributed by atoms with Crippen LogP contribution < -0.4 is 5.56 Å². The first-order valence-corrected chi connectivity index (χ1v) is 10.2. The molecule has 0 saturated carbocycles. The Kier molecular flexibility index (Phi) is 8.77. The molecule has 0 bridgehead atoms. The van der Waals surface area contributed by atoms with E-state index in [1.165, 1.54) is 4.57 Å². The topological polar surface area (TPSA) is 60.8 Å². The number of carbonyl (C=O) groups is 1. The van der Waals surface area contributed by atoms with Crippen LogP contribution in [0.5, 0.6) is 0 Å². The predicted molar refractivity (Wildman–Crippen MR) is 106 cm³/mol. The minimum absolute atomic E-state index is 0.105. The normalized spacial score (nSPS) is 16.1. The Morgan fingerprint density at radius 2 is 2.00 bits per heavy atom. The lowest BCUT2D eigenvalue weighted by molar-refractivity contribution is -0.148. The highest BCUT2D eigenvalue weighted by Gasteiger charge is 2.28. The highest BCUT2D eigenvalue weighted by molar-refractivity contribution is 5.74. The van der Waals surface area contributed by atoms with Gasteiger partial charge in [-0.25, -0.2) is 13.6 Å². The van der Waals surface area contributed by atoms with Gasteiger partial charge in [0, 0.05) is 46.0 Å². The highest BCUT2D eigenvalue weighted by atomic mass is 19.1. The number of carbonyl (C=O) groups excluding carboxylic acids is 1. The first-order valence-electron chi connectivity index (χ1n) is 10.2. The maximum atomic E-state index is 14.7. The molecule has 1 atom stereocenters. The zero-order chi connectivity index (χ0) is 21.6. The quantitative estimate of drug-likeness (QED) is 0.412. The van der Waals surface area contributed by atoms with Crippen LogP contribution in [0.2, 0.25) is 0 Å². The summed E-state index contributed by atoms with van der Waals surface area (Å²) >= 11 is 0. The fraction of sp³-hybridized carbons (Fsp3) is 0.714. The summed E-state index contributed by atoms with van der Waals surface area (Å²) in [6.45, 7) is 7.40. The molecule has 2 rings (SSSR count). The number of halogens is 2. The van der Waals surface area contributed by atoms with E-state index in [1.807, 2.05) is 18.7 Å². The van der Waals surface area contributed by atoms with E-state index in [-0.39, 0.29) is 18.1 Å². The monoisotopic (exact) mass is 414 g/mol. The van der Waals surface area contributed by atoms with Crippen molar-refractivity contribution in [2.45, 2.75) is 52.2 Å². The molecule has 2 heterocycles. The van der Waals surface area contributed by atoms with Crippen LogP contribution in [0.3, 0.4) is 0 Å². The number of hydrogen-bond acceptors (Lipinski definition) is 5. The van der Waals surface area contributed by atoms with Crippen molar-refractivity contribution in [2.24, 2.45) is 5.92 Å². The van der Waals surface area contributed by atoms with Crippen molar-refractivity contribution < 1.29 is 23.0 Å². The largest absolute Gasteiger partial charge is 0.464 e. The summed E-state index contributed by atoms with van der Waals surface area (Å²) in [5.41, 5.74) is 0.101. The van der Waals surface area contributed by atoms with Crippen molar-refractivity contribution in [3.8, 4) is 0 Å². The number of hydrogen-bond donors (Lipinski definition) is 0. The maximum absolute atomic E-state index is 14.7. The number of likely N-dealkylation sites (tertiary alicyclic amines) is 1. The Bertz CT molecular complexity index is 745. The van der Waals surface area contributed by atoms with Crippen molar-refractivity contribution >= 4 is 5.97 Å². The molecule has 6 nitrogen and oxygen atoms in total. The number of aromatic nitrogens is 1. The molecule has 0 aliphatic carbocycles. The average Bonchev–Trinajstić information content (AvgIpc) is 2.65. The zero-order valence-electron chi connectivity index (χ0n) is 17.7. The van der Waals surface area contributed by atoms with Gasteiger partial charge in [0.25, 0.3) is 5.56 Å². The Morgan fingerprint density at radius 3 is 2.59 bits per heavy atom. The third-order valence-corrected chi connectivity index (χ3v) is 5.18. The molecule has 0 radical (unpaired) electrons. The number of pyridine rings is 1. The van der Waals surface area contributed by atoms with Gasteiger partial charge in [0.2, 0.25) is 0 Å². The van der Waals surface area contributed by atoms with Crippen molar-refractivity contribution in [2.75, 3.05) is 40.0 Å². The molecular formula is C21H32F2N2O4. The van der Waals surface area contributed by atoms with Gasteiger partial charge in [-0.05, 0) is 36.8 Å². The van der Waals surface area contributed by atoms with Gasteiger partial charge in [-0.2, -0.15) is 0 Å². The molecule has 0 N–H and O–H groups in total. The molecule has 1 aromatic heterocycles. The lowest BCUT2D eigenvalue weighted by Crippen LogP contribution is -2.49. The number of esters is 1. The molecule has 29 heavy (non-hydrogen) atoms. The number of rotatable bonds is 11. The first kappa shape index (κ1) is 23.5. The van der Waals surface area contributed by atoms with Gasteiger partial charge in [0.05, 0.1) is 6.61 Å². The fourth-order valence-electron chi connectivity index (χ4n) is 3.43. The third kappa shape index (κ3) is 6.34. The van der Waals surface area contributed by atoms with Gasteiger partial charge in [0.1, 0.15) is 12.2 Å². The summed E-state index contributed by atoms with van der Waals surface area (Å²) in [7, 11) is 1.56. The SMILES string of the molecule is COCCCOC(=O)C(CC(C)C)n1cc(CCN2CC(F)C2)c(C)c(F)c1=O. The molecule has 0 amide bonds. The molecule has 8 heteroatoms. The summed E-state index contributed by atoms with van der Waals surface area (Å²) in [6, 6.07) is -0.891. The second kappa shape index (κ2) is 10.8. The number of alkyl halides is 1. The van der Waals surface area contributed by atoms with Crippen LogP contribution in [0.1, 0.15) is 43.9 Å². The van der Waals surface area contributed by atoms with Crippen LogP contribution in [-0.4, -0.2) is 61.6 Å². The molecule has 0 aromatic carbocycles. The van der Waals surface area contributed by atoms with Crippen LogP contribution in [-0.2, 0) is 20.7 Å². The number of ether oxygens (including phenoxy) is 2. The van der Waals surface area contributed by atoms with Gasteiger partial charge in [-0.15, -0.1) is 0 Å². The highest BCUT2D eigenvalue weighted by Crippen LogP contribution is 2.21. The summed E-state index contributed by atoms with van der Waals surface area (Å²) in [6.07, 6.45) is 2.15. The fourth-order valence-corrected chi connectivity index (χ4v) is 3.43. The first-order chi connectivity index (χ1) is 13.7. The lowest BCUT2D eigenvalue weighted by Gasteiger charge is -2.34. The lowest BCUT2D eigenvalue weighted by atomic mass is 10.0. The van der Waals surface area contributed by atoms with Crippen molar-refractivity contribution in [1.82, 2.24) is 9.47 Å². The van der Waals surface area contributed by atoms with E-state index in [9.17, 15) is 18.4 Å². The molecule has 1 aliphatic heterocycles. The smallest absolute Gasteiger partial charge is 0.329 e. The summed E-state index contributed by atoms with van der Waals surface area (Å²) in [5.74, 6) is -1.29. The maximum Gasteiger partial charge on any atom is 0.329 e. The Morgan fingerprint density at radius 1 is 1.31 bits per heavy atom. The van der Waals surface area contributed by atoms with Crippen molar-refractivity contribution in [3.63, 3.8) is 0 Å². The second-order valence-corrected chi connectivity index (χ2v) is 8.07. The molecule has 164 valence electrons. The van der Waals surface area contributed by atoms with Gasteiger partial charge in [0.15, 0.2) is 5.82 Å². The molecule has 1 unspecified atom stereocenters. The van der Waals surface area contributed by atoms with E-state index < -0.39 is 29.6 Å². The van der Waals surface area contributed by atoms with E-state index >= 15 is 0 Å². The minimum Gasteiger partial charge on any atom is -0.464 e. The molecule has 1 saturated heterocycles. The van der Waals surface area contributed by atoms with Gasteiger partial charge < -0.3 is 9.47 Å². The van der Waals surface area contributed by atoms with Crippen LogP contribution >= 0.6 is 0 Å². The standard InChI is InChI=1S/C21H32F2N2O4/c1-14(2)10-18(21(27)29-9-5-8-28-4)25-11-16(15(3)19(23)20(25)26)6-7-24-12-17(22)13-24/h11,14,17-18H,5-10,12-13H2,1-4H3.